The summed E-state index contributed by atoms with van der Waals surface area (Å²) in [5.74, 6) is -0.620. The lowest BCUT2D eigenvalue weighted by molar-refractivity contribution is -0.165. The van der Waals surface area contributed by atoms with Crippen molar-refractivity contribution in [2.75, 3.05) is 0 Å². The molecule has 1 heterocycles. The summed E-state index contributed by atoms with van der Waals surface area (Å²) in [6.07, 6.45) is 13.7. The number of cyclic esters (lactones) is 1. The predicted octanol–water partition coefficient (Wildman–Crippen LogP) is 4.84. The molecule has 3 heteroatoms. The molecule has 0 unspecified atom stereocenters. The third-order valence-corrected chi connectivity index (χ3v) is 4.47. The van der Waals surface area contributed by atoms with Gasteiger partial charge in [0.2, 0.25) is 0 Å². The molecule has 126 valence electrons. The van der Waals surface area contributed by atoms with Crippen molar-refractivity contribution >= 4 is 11.8 Å². The highest BCUT2D eigenvalue weighted by atomic mass is 16.5. The maximum Gasteiger partial charge on any atom is 0.317 e. The molecule has 1 saturated heterocycles. The van der Waals surface area contributed by atoms with Crippen LogP contribution in [0.5, 0.6) is 0 Å². The van der Waals surface area contributed by atoms with E-state index in [4.69, 9.17) is 4.74 Å². The average molecular weight is 308 g/mol. The van der Waals surface area contributed by atoms with Gasteiger partial charge in [0.25, 0.3) is 0 Å². The Kier molecular flexibility index (Phi) is 9.10. The molecular formula is C19H32O3. The van der Waals surface area contributed by atoms with Gasteiger partial charge in [-0.15, -0.1) is 0 Å². The van der Waals surface area contributed by atoms with Crippen LogP contribution >= 0.6 is 0 Å². The van der Waals surface area contributed by atoms with Gasteiger partial charge in [-0.2, -0.15) is 0 Å². The number of ketones is 1. The molecule has 0 aromatic carbocycles. The van der Waals surface area contributed by atoms with Gasteiger partial charge in [-0.25, -0.2) is 0 Å². The lowest BCUT2D eigenvalue weighted by Crippen LogP contribution is -2.40. The summed E-state index contributed by atoms with van der Waals surface area (Å²) in [7, 11) is 0. The highest BCUT2D eigenvalue weighted by molar-refractivity contribution is 5.99. The predicted molar refractivity (Wildman–Crippen MR) is 89.6 cm³/mol. The zero-order chi connectivity index (χ0) is 16.4. The molecule has 1 rings (SSSR count). The molecule has 0 bridgehead atoms. The number of carbonyl (C=O) groups is 2. The molecular weight excluding hydrogens is 276 g/mol. The lowest BCUT2D eigenvalue weighted by Gasteiger charge is -2.30. The van der Waals surface area contributed by atoms with Gasteiger partial charge in [0.05, 0.1) is 6.10 Å². The standard InChI is InChI=1S/C19H32O3/c1-4-5-6-7-8-9-10-11-12-13-17(20)18-15(2)14-16(3)22-19(18)21/h4-5,15-16,18H,6-14H2,1-3H3/b5-4+/t15-,16-,18-/m1/s1. The summed E-state index contributed by atoms with van der Waals surface area (Å²) in [5.41, 5.74) is 0. The van der Waals surface area contributed by atoms with Crippen LogP contribution < -0.4 is 0 Å². The fraction of sp³-hybridized carbons (Fsp3) is 0.789. The Balaban J connectivity index is 2.11. The number of hydrogen-bond acceptors (Lipinski definition) is 3. The zero-order valence-corrected chi connectivity index (χ0v) is 14.5. The quantitative estimate of drug-likeness (QED) is 0.251. The number of allylic oxidation sites excluding steroid dienone is 2. The molecule has 3 atom stereocenters. The second-order valence-electron chi connectivity index (χ2n) is 6.63. The van der Waals surface area contributed by atoms with Crippen LogP contribution in [0.4, 0.5) is 0 Å². The van der Waals surface area contributed by atoms with Crippen molar-refractivity contribution in [3.8, 4) is 0 Å². The molecule has 0 aliphatic carbocycles. The first kappa shape index (κ1) is 18.9. The van der Waals surface area contributed by atoms with Crippen LogP contribution in [0.15, 0.2) is 12.2 Å². The summed E-state index contributed by atoms with van der Waals surface area (Å²) in [6, 6.07) is 0. The van der Waals surface area contributed by atoms with Gasteiger partial charge in [-0.05, 0) is 45.4 Å². The maximum absolute atomic E-state index is 12.2. The molecule has 0 aromatic rings. The van der Waals surface area contributed by atoms with Gasteiger partial charge >= 0.3 is 5.97 Å². The molecule has 0 radical (unpaired) electrons. The maximum atomic E-state index is 12.2. The van der Waals surface area contributed by atoms with E-state index in [1.54, 1.807) is 0 Å². The molecule has 1 aliphatic heterocycles. The van der Waals surface area contributed by atoms with E-state index in [1.807, 2.05) is 13.8 Å². The van der Waals surface area contributed by atoms with Crippen LogP contribution in [0, 0.1) is 11.8 Å². The fourth-order valence-corrected chi connectivity index (χ4v) is 3.25. The van der Waals surface area contributed by atoms with Crippen LogP contribution in [0.3, 0.4) is 0 Å². The monoisotopic (exact) mass is 308 g/mol. The van der Waals surface area contributed by atoms with E-state index in [1.165, 1.54) is 32.1 Å². The Bertz CT molecular complexity index is 373. The zero-order valence-electron chi connectivity index (χ0n) is 14.5. The Hall–Kier alpha value is -1.12. The molecule has 0 saturated carbocycles. The first-order valence-corrected chi connectivity index (χ1v) is 8.90. The molecule has 0 aromatic heterocycles. The smallest absolute Gasteiger partial charge is 0.317 e. The van der Waals surface area contributed by atoms with Crippen molar-refractivity contribution in [3.63, 3.8) is 0 Å². The molecule has 3 nitrogen and oxygen atoms in total. The second-order valence-corrected chi connectivity index (χ2v) is 6.63. The number of unbranched alkanes of at least 4 members (excludes halogenated alkanes) is 6. The number of esters is 1. The van der Waals surface area contributed by atoms with E-state index in [2.05, 4.69) is 19.1 Å². The Morgan fingerprint density at radius 2 is 1.77 bits per heavy atom. The average Bonchev–Trinajstić information content (AvgIpc) is 2.44. The van der Waals surface area contributed by atoms with E-state index in [-0.39, 0.29) is 23.8 Å². The van der Waals surface area contributed by atoms with Crippen molar-refractivity contribution in [1.29, 1.82) is 0 Å². The van der Waals surface area contributed by atoms with Crippen LogP contribution in [-0.2, 0) is 14.3 Å². The molecule has 0 amide bonds. The normalized spacial score (nSPS) is 25.4. The minimum atomic E-state index is -0.517. The minimum Gasteiger partial charge on any atom is -0.462 e. The molecule has 22 heavy (non-hydrogen) atoms. The number of ether oxygens (including phenoxy) is 1. The third-order valence-electron chi connectivity index (χ3n) is 4.47. The molecule has 0 N–H and O–H groups in total. The Labute approximate surface area is 135 Å². The van der Waals surface area contributed by atoms with Crippen molar-refractivity contribution in [3.05, 3.63) is 12.2 Å². The minimum absolute atomic E-state index is 0.0471. The van der Waals surface area contributed by atoms with Crippen molar-refractivity contribution in [2.24, 2.45) is 11.8 Å². The van der Waals surface area contributed by atoms with Crippen molar-refractivity contribution in [2.45, 2.75) is 84.7 Å². The molecule has 1 aliphatic rings. The third kappa shape index (κ3) is 6.76. The van der Waals surface area contributed by atoms with Crippen LogP contribution in [0.1, 0.15) is 78.6 Å². The summed E-state index contributed by atoms with van der Waals surface area (Å²) in [4.78, 5) is 24.1. The number of rotatable bonds is 10. The molecule has 0 spiro atoms. The van der Waals surface area contributed by atoms with Crippen LogP contribution in [-0.4, -0.2) is 17.9 Å². The second kappa shape index (κ2) is 10.6. The lowest BCUT2D eigenvalue weighted by atomic mass is 9.82. The van der Waals surface area contributed by atoms with Gasteiger partial charge in [-0.1, -0.05) is 44.8 Å². The first-order valence-electron chi connectivity index (χ1n) is 8.90. The summed E-state index contributed by atoms with van der Waals surface area (Å²) < 4.78 is 5.22. The summed E-state index contributed by atoms with van der Waals surface area (Å²) >= 11 is 0. The van der Waals surface area contributed by atoms with E-state index in [0.29, 0.717) is 6.42 Å². The van der Waals surface area contributed by atoms with Gasteiger partial charge in [-0.3, -0.25) is 9.59 Å². The number of Topliss-reactive ketones (excluding diaryl/α,β-unsaturated/α-hetero) is 1. The van der Waals surface area contributed by atoms with Crippen molar-refractivity contribution in [1.82, 2.24) is 0 Å². The van der Waals surface area contributed by atoms with Crippen LogP contribution in [0.2, 0.25) is 0 Å². The highest BCUT2D eigenvalue weighted by Crippen LogP contribution is 2.28. The van der Waals surface area contributed by atoms with E-state index in [9.17, 15) is 9.59 Å². The Morgan fingerprint density at radius 1 is 1.14 bits per heavy atom. The van der Waals surface area contributed by atoms with Gasteiger partial charge in [0.1, 0.15) is 11.7 Å². The topological polar surface area (TPSA) is 43.4 Å². The van der Waals surface area contributed by atoms with E-state index in [0.717, 1.165) is 19.3 Å². The van der Waals surface area contributed by atoms with Gasteiger partial charge in [0.15, 0.2) is 0 Å². The highest BCUT2D eigenvalue weighted by Gasteiger charge is 2.38. The largest absolute Gasteiger partial charge is 0.462 e. The summed E-state index contributed by atoms with van der Waals surface area (Å²) in [6.45, 7) is 5.94. The molecule has 1 fully saturated rings. The SMILES string of the molecule is C/C=C/CCCCCCCCC(=O)[C@@H]1C(=O)O[C@H](C)C[C@H]1C. The number of hydrogen-bond donors (Lipinski definition) is 0. The van der Waals surface area contributed by atoms with Gasteiger partial charge < -0.3 is 4.74 Å². The first-order chi connectivity index (χ1) is 10.6. The Morgan fingerprint density at radius 3 is 2.41 bits per heavy atom. The summed E-state index contributed by atoms with van der Waals surface area (Å²) in [5, 5.41) is 0. The van der Waals surface area contributed by atoms with Gasteiger partial charge in [0, 0.05) is 6.42 Å². The number of carbonyl (C=O) groups excluding carboxylic acids is 2. The van der Waals surface area contributed by atoms with E-state index < -0.39 is 5.92 Å². The fourth-order valence-electron chi connectivity index (χ4n) is 3.25. The van der Waals surface area contributed by atoms with E-state index >= 15 is 0 Å². The van der Waals surface area contributed by atoms with Crippen LogP contribution in [0.25, 0.3) is 0 Å². The van der Waals surface area contributed by atoms with Crippen molar-refractivity contribution < 1.29 is 14.3 Å².